The molecule has 3 aromatic carbocycles. The van der Waals surface area contributed by atoms with Crippen LogP contribution in [0.15, 0.2) is 85.1 Å². The third-order valence-corrected chi connectivity index (χ3v) is 5.86. The molecule has 0 atom stereocenters. The lowest BCUT2D eigenvalue weighted by Gasteiger charge is -2.16. The van der Waals surface area contributed by atoms with Gasteiger partial charge in [-0.15, -0.1) is 5.10 Å². The fraction of sp³-hybridized carbons (Fsp3) is 0.143. The molecule has 0 saturated carbocycles. The van der Waals surface area contributed by atoms with Gasteiger partial charge in [0.1, 0.15) is 0 Å². The zero-order valence-corrected chi connectivity index (χ0v) is 20.7. The van der Waals surface area contributed by atoms with Crippen molar-refractivity contribution in [2.24, 2.45) is 0 Å². The molecule has 10 nitrogen and oxygen atoms in total. The van der Waals surface area contributed by atoms with Gasteiger partial charge in [-0.05, 0) is 65.6 Å². The van der Waals surface area contributed by atoms with E-state index in [1.807, 2.05) is 78.9 Å². The molecule has 10 heteroatoms. The van der Waals surface area contributed by atoms with Gasteiger partial charge in [-0.3, -0.25) is 9.78 Å². The average molecular weight is 508 g/mol. The number of aromatic nitrogens is 5. The van der Waals surface area contributed by atoms with Crippen LogP contribution in [0.4, 0.5) is 17.1 Å². The van der Waals surface area contributed by atoms with E-state index in [9.17, 15) is 9.59 Å². The molecule has 0 aliphatic carbocycles. The number of anilines is 3. The number of nitrogens with zero attached hydrogens (tertiary/aromatic N) is 5. The van der Waals surface area contributed by atoms with E-state index in [0.29, 0.717) is 30.0 Å². The zero-order chi connectivity index (χ0) is 26.3. The summed E-state index contributed by atoms with van der Waals surface area (Å²) in [7, 11) is 0. The molecule has 0 spiro atoms. The molecule has 0 fully saturated rings. The maximum Gasteiger partial charge on any atom is 0.397 e. The Morgan fingerprint density at radius 2 is 1.82 bits per heavy atom. The standard InChI is InChI=1S/C28H25N7O3/c1-2-38-28(37)27(36)31-26-23-12-4-3-8-19(23)13-15-24(26)30-21-10-7-11-22(18-21)35-25(32-33-34-35)16-14-20-9-5-6-17-29-20/h3-13,15,17-18,30H,2,14,16H2,1H3,(H,31,36). The largest absolute Gasteiger partial charge is 0.459 e. The SMILES string of the molecule is CCOC(=O)C(=O)Nc1c(Nc2cccc(-n3nnnc3CCc3ccccn3)c2)ccc2ccccc12. The fourth-order valence-electron chi connectivity index (χ4n) is 4.09. The van der Waals surface area contributed by atoms with Gasteiger partial charge in [-0.25, -0.2) is 4.79 Å². The Morgan fingerprint density at radius 1 is 0.947 bits per heavy atom. The van der Waals surface area contributed by atoms with Crippen molar-refractivity contribution in [1.29, 1.82) is 0 Å². The van der Waals surface area contributed by atoms with Crippen LogP contribution in [0.5, 0.6) is 0 Å². The molecular weight excluding hydrogens is 482 g/mol. The van der Waals surface area contributed by atoms with Crippen molar-refractivity contribution >= 4 is 39.7 Å². The van der Waals surface area contributed by atoms with Crippen LogP contribution < -0.4 is 10.6 Å². The lowest BCUT2D eigenvalue weighted by atomic mass is 10.1. The van der Waals surface area contributed by atoms with Crippen LogP contribution in [-0.4, -0.2) is 43.7 Å². The summed E-state index contributed by atoms with van der Waals surface area (Å²) in [5, 5.41) is 20.0. The molecule has 2 N–H and O–H groups in total. The molecule has 0 saturated heterocycles. The molecule has 190 valence electrons. The molecule has 5 rings (SSSR count). The molecule has 0 radical (unpaired) electrons. The number of pyridine rings is 1. The summed E-state index contributed by atoms with van der Waals surface area (Å²) in [6.45, 7) is 1.76. The van der Waals surface area contributed by atoms with Crippen molar-refractivity contribution in [2.75, 3.05) is 17.2 Å². The molecular formula is C28H25N7O3. The second kappa shape index (κ2) is 11.3. The predicted molar refractivity (Wildman–Crippen MR) is 143 cm³/mol. The summed E-state index contributed by atoms with van der Waals surface area (Å²) in [6, 6.07) is 24.8. The predicted octanol–water partition coefficient (Wildman–Crippen LogP) is 4.24. The van der Waals surface area contributed by atoms with Gasteiger partial charge < -0.3 is 15.4 Å². The lowest BCUT2D eigenvalue weighted by Crippen LogP contribution is -2.25. The van der Waals surface area contributed by atoms with Crippen molar-refractivity contribution < 1.29 is 14.3 Å². The second-order valence-corrected chi connectivity index (χ2v) is 8.39. The van der Waals surface area contributed by atoms with Gasteiger partial charge >= 0.3 is 11.9 Å². The number of tetrazole rings is 1. The van der Waals surface area contributed by atoms with Gasteiger partial charge in [0, 0.05) is 29.4 Å². The molecule has 2 heterocycles. The Bertz CT molecular complexity index is 1580. The van der Waals surface area contributed by atoms with Gasteiger partial charge in [-0.1, -0.05) is 42.5 Å². The summed E-state index contributed by atoms with van der Waals surface area (Å²) < 4.78 is 6.56. The summed E-state index contributed by atoms with van der Waals surface area (Å²) in [5.74, 6) is -1.07. The Labute approximate surface area is 218 Å². The number of nitrogens with one attached hydrogen (secondary N) is 2. The van der Waals surface area contributed by atoms with Crippen LogP contribution in [0, 0.1) is 0 Å². The number of amides is 1. The highest BCUT2D eigenvalue weighted by molar-refractivity contribution is 6.38. The Morgan fingerprint density at radius 3 is 2.66 bits per heavy atom. The molecule has 2 aromatic heterocycles. The molecule has 1 amide bonds. The van der Waals surface area contributed by atoms with E-state index in [-0.39, 0.29) is 6.61 Å². The maximum atomic E-state index is 12.5. The summed E-state index contributed by atoms with van der Waals surface area (Å²) >= 11 is 0. The minimum absolute atomic E-state index is 0.112. The van der Waals surface area contributed by atoms with E-state index in [0.717, 1.165) is 27.8 Å². The van der Waals surface area contributed by atoms with Gasteiger partial charge in [-0.2, -0.15) is 4.68 Å². The number of carbonyl (C=O) groups is 2. The van der Waals surface area contributed by atoms with E-state index in [2.05, 4.69) is 31.1 Å². The smallest absolute Gasteiger partial charge is 0.397 e. The molecule has 38 heavy (non-hydrogen) atoms. The van der Waals surface area contributed by atoms with Crippen molar-refractivity contribution in [1.82, 2.24) is 25.2 Å². The van der Waals surface area contributed by atoms with E-state index < -0.39 is 11.9 Å². The molecule has 5 aromatic rings. The van der Waals surface area contributed by atoms with Gasteiger partial charge in [0.15, 0.2) is 5.82 Å². The van der Waals surface area contributed by atoms with Gasteiger partial charge in [0.05, 0.1) is 23.7 Å². The summed E-state index contributed by atoms with van der Waals surface area (Å²) in [5.41, 5.74) is 3.58. The normalized spacial score (nSPS) is 10.8. The minimum atomic E-state index is -0.940. The first kappa shape index (κ1) is 24.6. The van der Waals surface area contributed by atoms with Crippen molar-refractivity contribution in [3.05, 3.63) is 96.6 Å². The lowest BCUT2D eigenvalue weighted by molar-refractivity contribution is -0.152. The van der Waals surface area contributed by atoms with Crippen molar-refractivity contribution in [3.8, 4) is 5.69 Å². The van der Waals surface area contributed by atoms with Crippen LogP contribution in [0.1, 0.15) is 18.4 Å². The highest BCUT2D eigenvalue weighted by Gasteiger charge is 2.19. The highest BCUT2D eigenvalue weighted by Crippen LogP contribution is 2.34. The number of ether oxygens (including phenoxy) is 1. The van der Waals surface area contributed by atoms with Crippen molar-refractivity contribution in [3.63, 3.8) is 0 Å². The molecule has 0 bridgehead atoms. The van der Waals surface area contributed by atoms with Crippen LogP contribution in [0.3, 0.4) is 0 Å². The topological polar surface area (TPSA) is 124 Å². The number of aryl methyl sites for hydroxylation is 2. The van der Waals surface area contributed by atoms with Crippen LogP contribution in [-0.2, 0) is 27.2 Å². The first-order chi connectivity index (χ1) is 18.6. The van der Waals surface area contributed by atoms with E-state index in [1.165, 1.54) is 0 Å². The monoisotopic (exact) mass is 507 g/mol. The van der Waals surface area contributed by atoms with Gasteiger partial charge in [0.25, 0.3) is 0 Å². The molecule has 0 unspecified atom stereocenters. The maximum absolute atomic E-state index is 12.5. The van der Waals surface area contributed by atoms with Crippen LogP contribution in [0.2, 0.25) is 0 Å². The average Bonchev–Trinajstić information content (AvgIpc) is 3.43. The number of rotatable bonds is 8. The number of benzene rings is 3. The number of hydrogen-bond donors (Lipinski definition) is 2. The number of hydrogen-bond acceptors (Lipinski definition) is 8. The van der Waals surface area contributed by atoms with Gasteiger partial charge in [0.2, 0.25) is 0 Å². The van der Waals surface area contributed by atoms with E-state index in [4.69, 9.17) is 4.74 Å². The first-order valence-electron chi connectivity index (χ1n) is 12.2. The summed E-state index contributed by atoms with van der Waals surface area (Å²) in [4.78, 5) is 28.9. The second-order valence-electron chi connectivity index (χ2n) is 8.39. The Hall–Kier alpha value is -5.12. The van der Waals surface area contributed by atoms with E-state index in [1.54, 1.807) is 17.8 Å². The third kappa shape index (κ3) is 5.49. The quantitative estimate of drug-likeness (QED) is 0.236. The summed E-state index contributed by atoms with van der Waals surface area (Å²) in [6.07, 6.45) is 3.10. The fourth-order valence-corrected chi connectivity index (χ4v) is 4.09. The molecule has 0 aliphatic rings. The van der Waals surface area contributed by atoms with Crippen LogP contribution in [0.25, 0.3) is 16.5 Å². The third-order valence-electron chi connectivity index (χ3n) is 5.86. The Balaban J connectivity index is 1.42. The molecule has 0 aliphatic heterocycles. The number of fused-ring (bicyclic) bond motifs is 1. The number of carbonyl (C=O) groups excluding carboxylic acids is 2. The minimum Gasteiger partial charge on any atom is -0.459 e. The zero-order valence-electron chi connectivity index (χ0n) is 20.7. The van der Waals surface area contributed by atoms with Crippen molar-refractivity contribution in [2.45, 2.75) is 19.8 Å². The van der Waals surface area contributed by atoms with E-state index >= 15 is 0 Å². The van der Waals surface area contributed by atoms with Crippen LogP contribution >= 0.6 is 0 Å². The number of esters is 1. The Kier molecular flexibility index (Phi) is 7.30. The first-order valence-corrected chi connectivity index (χ1v) is 12.2. The highest BCUT2D eigenvalue weighted by atomic mass is 16.5.